The van der Waals surface area contributed by atoms with Crippen LogP contribution in [0.1, 0.15) is 35.7 Å². The fraction of sp³-hybridized carbons (Fsp3) is 0.444. The minimum absolute atomic E-state index is 0.0575. The molecular formula is C27H31N3O3. The molecule has 2 aliphatic heterocycles. The van der Waals surface area contributed by atoms with Gasteiger partial charge in [-0.1, -0.05) is 30.3 Å². The van der Waals surface area contributed by atoms with Gasteiger partial charge < -0.3 is 19.3 Å². The van der Waals surface area contributed by atoms with E-state index in [0.29, 0.717) is 5.91 Å². The predicted octanol–water partition coefficient (Wildman–Crippen LogP) is 3.23. The molecule has 1 saturated heterocycles. The minimum atomic E-state index is -0.117. The van der Waals surface area contributed by atoms with Gasteiger partial charge in [0.2, 0.25) is 5.91 Å². The van der Waals surface area contributed by atoms with Gasteiger partial charge in [-0.3, -0.25) is 9.69 Å². The van der Waals surface area contributed by atoms with Gasteiger partial charge in [0.25, 0.3) is 0 Å². The Balaban J connectivity index is 1.47. The average molecular weight is 446 g/mol. The number of fused-ring (bicyclic) bond motifs is 4. The van der Waals surface area contributed by atoms with Crippen LogP contribution in [0.25, 0.3) is 10.9 Å². The molecule has 1 saturated carbocycles. The number of carbonyl (C=O) groups is 1. The van der Waals surface area contributed by atoms with Crippen LogP contribution < -0.4 is 4.74 Å². The molecule has 33 heavy (non-hydrogen) atoms. The molecule has 1 amide bonds. The second-order valence-corrected chi connectivity index (χ2v) is 10.0. The van der Waals surface area contributed by atoms with Gasteiger partial charge >= 0.3 is 0 Å². The Labute approximate surface area is 194 Å². The van der Waals surface area contributed by atoms with Gasteiger partial charge in [-0.05, 0) is 36.1 Å². The molecule has 172 valence electrons. The van der Waals surface area contributed by atoms with E-state index in [1.807, 2.05) is 12.1 Å². The number of amides is 1. The van der Waals surface area contributed by atoms with E-state index in [4.69, 9.17) is 4.74 Å². The summed E-state index contributed by atoms with van der Waals surface area (Å²) in [6.07, 6.45) is 2.07. The zero-order valence-corrected chi connectivity index (χ0v) is 19.3. The van der Waals surface area contributed by atoms with E-state index in [-0.39, 0.29) is 24.0 Å². The number of aliphatic hydroxyl groups excluding tert-OH is 1. The molecular weight excluding hydrogens is 414 g/mol. The number of benzene rings is 2. The highest BCUT2D eigenvalue weighted by Crippen LogP contribution is 2.50. The molecule has 6 nitrogen and oxygen atoms in total. The van der Waals surface area contributed by atoms with Crippen molar-refractivity contribution in [1.29, 1.82) is 0 Å². The van der Waals surface area contributed by atoms with Crippen molar-refractivity contribution in [3.05, 3.63) is 65.4 Å². The van der Waals surface area contributed by atoms with Gasteiger partial charge in [0.1, 0.15) is 5.75 Å². The van der Waals surface area contributed by atoms with Gasteiger partial charge in [-0.25, -0.2) is 0 Å². The highest BCUT2D eigenvalue weighted by Gasteiger charge is 2.55. The summed E-state index contributed by atoms with van der Waals surface area (Å²) in [6.45, 7) is 3.17. The summed E-state index contributed by atoms with van der Waals surface area (Å²) in [5.41, 5.74) is 4.72. The van der Waals surface area contributed by atoms with Crippen LogP contribution in [0.5, 0.6) is 5.75 Å². The van der Waals surface area contributed by atoms with E-state index in [1.165, 1.54) is 22.2 Å². The van der Waals surface area contributed by atoms with E-state index >= 15 is 0 Å². The third kappa shape index (κ3) is 3.19. The number of likely N-dealkylation sites (tertiary alicyclic amines) is 1. The standard InChI is InChI=1S/C27H31N3O3/c1-28-22-12-20(33-2)10-11-21(22)24-25(28)23(14-31)29(13-18-6-4-3-5-7-18)15-27(24)16-30(17-27)26(32)19-8-9-19/h3-7,10-12,19,23,31H,8-9,13-17H2,1-2H3/t23-/m0/s1. The van der Waals surface area contributed by atoms with Crippen LogP contribution in [0.15, 0.2) is 48.5 Å². The lowest BCUT2D eigenvalue weighted by Crippen LogP contribution is -2.67. The maximum absolute atomic E-state index is 12.8. The molecule has 0 bridgehead atoms. The number of hydrogen-bond acceptors (Lipinski definition) is 4. The number of ether oxygens (including phenoxy) is 1. The van der Waals surface area contributed by atoms with Crippen LogP contribution in [0.3, 0.4) is 0 Å². The van der Waals surface area contributed by atoms with E-state index in [0.717, 1.165) is 50.3 Å². The summed E-state index contributed by atoms with van der Waals surface area (Å²) in [7, 11) is 3.78. The number of aromatic nitrogens is 1. The largest absolute Gasteiger partial charge is 0.497 e. The summed E-state index contributed by atoms with van der Waals surface area (Å²) in [5.74, 6) is 1.39. The molecule has 0 unspecified atom stereocenters. The van der Waals surface area contributed by atoms with E-state index in [1.54, 1.807) is 7.11 Å². The summed E-state index contributed by atoms with van der Waals surface area (Å²) in [5, 5.41) is 11.8. The smallest absolute Gasteiger partial charge is 0.225 e. The van der Waals surface area contributed by atoms with Crippen LogP contribution in [0.2, 0.25) is 0 Å². The number of rotatable bonds is 5. The Morgan fingerprint density at radius 2 is 1.88 bits per heavy atom. The molecule has 2 aromatic carbocycles. The van der Waals surface area contributed by atoms with Gasteiger partial charge in [-0.15, -0.1) is 0 Å². The first-order chi connectivity index (χ1) is 16.0. The Morgan fingerprint density at radius 1 is 1.12 bits per heavy atom. The number of hydrogen-bond donors (Lipinski definition) is 1. The first-order valence-corrected chi connectivity index (χ1v) is 11.9. The molecule has 1 N–H and O–H groups in total. The van der Waals surface area contributed by atoms with Gasteiger partial charge in [0.15, 0.2) is 0 Å². The summed E-state index contributed by atoms with van der Waals surface area (Å²) >= 11 is 0. The van der Waals surface area contributed by atoms with Crippen LogP contribution in [0, 0.1) is 5.92 Å². The topological polar surface area (TPSA) is 57.9 Å². The number of aliphatic hydroxyl groups is 1. The van der Waals surface area contributed by atoms with Crippen molar-refractivity contribution in [2.75, 3.05) is 33.4 Å². The van der Waals surface area contributed by atoms with E-state index in [2.05, 4.69) is 57.8 Å². The van der Waals surface area contributed by atoms with Crippen molar-refractivity contribution < 1.29 is 14.6 Å². The van der Waals surface area contributed by atoms with Crippen LogP contribution in [0.4, 0.5) is 0 Å². The Morgan fingerprint density at radius 3 is 2.55 bits per heavy atom. The van der Waals surface area contributed by atoms with Crippen molar-refractivity contribution in [1.82, 2.24) is 14.4 Å². The lowest BCUT2D eigenvalue weighted by atomic mass is 9.68. The Hall–Kier alpha value is -2.83. The van der Waals surface area contributed by atoms with Gasteiger partial charge in [0, 0.05) is 61.7 Å². The number of aryl methyl sites for hydroxylation is 1. The number of nitrogens with zero attached hydrogens (tertiary/aromatic N) is 3. The van der Waals surface area contributed by atoms with Crippen LogP contribution in [-0.2, 0) is 23.8 Å². The predicted molar refractivity (Wildman–Crippen MR) is 127 cm³/mol. The molecule has 2 fully saturated rings. The fourth-order valence-corrected chi connectivity index (χ4v) is 6.13. The van der Waals surface area contributed by atoms with Gasteiger partial charge in [-0.2, -0.15) is 0 Å². The second kappa shape index (κ2) is 7.61. The highest BCUT2D eigenvalue weighted by molar-refractivity contribution is 5.90. The fourth-order valence-electron chi connectivity index (χ4n) is 6.13. The molecule has 6 rings (SSSR count). The van der Waals surface area contributed by atoms with Crippen molar-refractivity contribution >= 4 is 16.8 Å². The highest BCUT2D eigenvalue weighted by atomic mass is 16.5. The first kappa shape index (κ1) is 20.8. The van der Waals surface area contributed by atoms with E-state index in [9.17, 15) is 9.90 Å². The summed E-state index contributed by atoms with van der Waals surface area (Å²) in [4.78, 5) is 17.3. The van der Waals surface area contributed by atoms with E-state index < -0.39 is 0 Å². The van der Waals surface area contributed by atoms with Crippen molar-refractivity contribution in [2.45, 2.75) is 30.8 Å². The average Bonchev–Trinajstić information content (AvgIpc) is 3.62. The molecule has 3 aliphatic rings. The lowest BCUT2D eigenvalue weighted by Gasteiger charge is -2.56. The van der Waals surface area contributed by atoms with Crippen LogP contribution in [-0.4, -0.2) is 58.7 Å². The molecule has 1 atom stereocenters. The molecule has 3 heterocycles. The van der Waals surface area contributed by atoms with Gasteiger partial charge in [0.05, 0.1) is 25.3 Å². The zero-order chi connectivity index (χ0) is 22.7. The van der Waals surface area contributed by atoms with Crippen molar-refractivity contribution in [2.24, 2.45) is 13.0 Å². The number of carbonyl (C=O) groups excluding carboxylic acids is 1. The SMILES string of the molecule is COc1ccc2c3c(n(C)c2c1)[C@H](CO)N(Cc1ccccc1)CC31CN(C(=O)C2CC2)C1. The third-order valence-electron chi connectivity index (χ3n) is 7.87. The third-order valence-corrected chi connectivity index (χ3v) is 7.87. The number of methoxy groups -OCH3 is 1. The second-order valence-electron chi connectivity index (χ2n) is 10.0. The summed E-state index contributed by atoms with van der Waals surface area (Å²) < 4.78 is 7.75. The molecule has 3 aromatic rings. The maximum Gasteiger partial charge on any atom is 0.225 e. The normalized spacial score (nSPS) is 21.8. The minimum Gasteiger partial charge on any atom is -0.497 e. The zero-order valence-electron chi connectivity index (χ0n) is 19.3. The molecule has 0 radical (unpaired) electrons. The lowest BCUT2D eigenvalue weighted by molar-refractivity contribution is -0.142. The monoisotopic (exact) mass is 445 g/mol. The van der Waals surface area contributed by atoms with Crippen molar-refractivity contribution in [3.8, 4) is 5.75 Å². The van der Waals surface area contributed by atoms with Crippen molar-refractivity contribution in [3.63, 3.8) is 0 Å². The maximum atomic E-state index is 12.8. The summed E-state index contributed by atoms with van der Waals surface area (Å²) in [6, 6.07) is 16.6. The molecule has 1 aliphatic carbocycles. The molecule has 1 aromatic heterocycles. The molecule has 6 heteroatoms. The molecule has 1 spiro atoms. The van der Waals surface area contributed by atoms with Crippen LogP contribution >= 0.6 is 0 Å². The quantitative estimate of drug-likeness (QED) is 0.655. The Kier molecular flexibility index (Phi) is 4.78. The first-order valence-electron chi connectivity index (χ1n) is 11.9. The Bertz CT molecular complexity index is 1210.